The van der Waals surface area contributed by atoms with Crippen LogP contribution < -0.4 is 0 Å². The van der Waals surface area contributed by atoms with Crippen LogP contribution in [0.5, 0.6) is 0 Å². The fourth-order valence-corrected chi connectivity index (χ4v) is 2.57. The summed E-state index contributed by atoms with van der Waals surface area (Å²) < 4.78 is 3.06. The highest BCUT2D eigenvalue weighted by atomic mass is 79.9. The highest BCUT2D eigenvalue weighted by Gasteiger charge is 2.10. The molecule has 0 amide bonds. The van der Waals surface area contributed by atoms with E-state index in [1.807, 2.05) is 17.9 Å². The lowest BCUT2D eigenvalue weighted by atomic mass is 9.96. The van der Waals surface area contributed by atoms with Crippen LogP contribution in [-0.4, -0.2) is 9.55 Å². The lowest BCUT2D eigenvalue weighted by Crippen LogP contribution is -1.98. The number of aryl methyl sites for hydroxylation is 4. The van der Waals surface area contributed by atoms with Crippen LogP contribution in [0.2, 0.25) is 0 Å². The van der Waals surface area contributed by atoms with E-state index in [-0.39, 0.29) is 0 Å². The standard InChI is InChI=1S/C14H17BrN2/c1-9-5-10(2)12(11(3)6-9)7-13-14(15)17(4)8-16-13/h5-6,8H,7H2,1-4H3. The molecule has 2 rings (SSSR count). The number of halogens is 1. The Bertz CT molecular complexity index is 532. The van der Waals surface area contributed by atoms with Crippen molar-refractivity contribution in [2.24, 2.45) is 7.05 Å². The molecule has 0 aliphatic carbocycles. The largest absolute Gasteiger partial charge is 0.328 e. The molecular weight excluding hydrogens is 276 g/mol. The van der Waals surface area contributed by atoms with E-state index in [4.69, 9.17) is 0 Å². The third kappa shape index (κ3) is 2.44. The van der Waals surface area contributed by atoms with Crippen molar-refractivity contribution in [3.05, 3.63) is 51.0 Å². The summed E-state index contributed by atoms with van der Waals surface area (Å²) in [6, 6.07) is 4.47. The molecule has 0 N–H and O–H groups in total. The molecule has 0 aliphatic heterocycles. The fraction of sp³-hybridized carbons (Fsp3) is 0.357. The third-order valence-corrected chi connectivity index (χ3v) is 4.14. The summed E-state index contributed by atoms with van der Waals surface area (Å²) in [6.07, 6.45) is 2.73. The van der Waals surface area contributed by atoms with Crippen LogP contribution in [-0.2, 0) is 13.5 Å². The number of hydrogen-bond acceptors (Lipinski definition) is 1. The zero-order chi connectivity index (χ0) is 12.6. The summed E-state index contributed by atoms with van der Waals surface area (Å²) in [4.78, 5) is 4.43. The Morgan fingerprint density at radius 3 is 2.24 bits per heavy atom. The Balaban J connectivity index is 2.40. The molecule has 0 bridgehead atoms. The van der Waals surface area contributed by atoms with Gasteiger partial charge in [-0.3, -0.25) is 0 Å². The normalized spacial score (nSPS) is 10.9. The van der Waals surface area contributed by atoms with Crippen LogP contribution in [0.15, 0.2) is 23.1 Å². The molecule has 1 aromatic carbocycles. The maximum atomic E-state index is 4.43. The number of rotatable bonds is 2. The first-order chi connectivity index (χ1) is 7.99. The van der Waals surface area contributed by atoms with Crippen LogP contribution in [0.3, 0.4) is 0 Å². The Labute approximate surface area is 111 Å². The molecule has 17 heavy (non-hydrogen) atoms. The maximum Gasteiger partial charge on any atom is 0.108 e. The molecule has 0 aliphatic rings. The molecule has 1 aromatic heterocycles. The molecule has 0 atom stereocenters. The van der Waals surface area contributed by atoms with Crippen LogP contribution in [0, 0.1) is 20.8 Å². The van der Waals surface area contributed by atoms with E-state index in [1.54, 1.807) is 0 Å². The molecule has 1 heterocycles. The molecule has 2 nitrogen and oxygen atoms in total. The summed E-state index contributed by atoms with van der Waals surface area (Å²) in [5.74, 6) is 0. The van der Waals surface area contributed by atoms with Gasteiger partial charge in [-0.25, -0.2) is 4.98 Å². The predicted octanol–water partition coefficient (Wildman–Crippen LogP) is 3.70. The van der Waals surface area contributed by atoms with E-state index in [9.17, 15) is 0 Å². The van der Waals surface area contributed by atoms with Crippen molar-refractivity contribution in [2.75, 3.05) is 0 Å². The summed E-state index contributed by atoms with van der Waals surface area (Å²) in [7, 11) is 2.00. The van der Waals surface area contributed by atoms with Gasteiger partial charge < -0.3 is 4.57 Å². The van der Waals surface area contributed by atoms with Crippen molar-refractivity contribution in [3.63, 3.8) is 0 Å². The van der Waals surface area contributed by atoms with E-state index in [2.05, 4.69) is 53.8 Å². The average Bonchev–Trinajstić information content (AvgIpc) is 2.54. The summed E-state index contributed by atoms with van der Waals surface area (Å²) in [6.45, 7) is 6.48. The minimum atomic E-state index is 0.888. The van der Waals surface area contributed by atoms with Crippen molar-refractivity contribution in [1.82, 2.24) is 9.55 Å². The summed E-state index contributed by atoms with van der Waals surface area (Å²) >= 11 is 3.57. The van der Waals surface area contributed by atoms with Crippen LogP contribution >= 0.6 is 15.9 Å². The van der Waals surface area contributed by atoms with Crippen LogP contribution in [0.1, 0.15) is 27.9 Å². The third-order valence-electron chi connectivity index (χ3n) is 3.12. The maximum absolute atomic E-state index is 4.43. The number of hydrogen-bond donors (Lipinski definition) is 0. The van der Waals surface area contributed by atoms with Gasteiger partial charge in [0.1, 0.15) is 4.60 Å². The molecule has 2 aromatic rings. The van der Waals surface area contributed by atoms with Gasteiger partial charge in [0.2, 0.25) is 0 Å². The molecule has 0 radical (unpaired) electrons. The molecule has 3 heteroatoms. The minimum absolute atomic E-state index is 0.888. The van der Waals surface area contributed by atoms with Gasteiger partial charge in [-0.05, 0) is 53.4 Å². The van der Waals surface area contributed by atoms with Gasteiger partial charge >= 0.3 is 0 Å². The quantitative estimate of drug-likeness (QED) is 0.825. The highest BCUT2D eigenvalue weighted by molar-refractivity contribution is 9.10. The Kier molecular flexibility index (Phi) is 3.38. The first kappa shape index (κ1) is 12.4. The second kappa shape index (κ2) is 4.65. The minimum Gasteiger partial charge on any atom is -0.328 e. The van der Waals surface area contributed by atoms with E-state index < -0.39 is 0 Å². The number of aromatic nitrogens is 2. The Morgan fingerprint density at radius 1 is 1.18 bits per heavy atom. The SMILES string of the molecule is Cc1cc(C)c(Cc2ncn(C)c2Br)c(C)c1. The molecule has 0 spiro atoms. The molecular formula is C14H17BrN2. The number of imidazole rings is 1. The molecule has 90 valence electrons. The van der Waals surface area contributed by atoms with Gasteiger partial charge in [-0.2, -0.15) is 0 Å². The first-order valence-electron chi connectivity index (χ1n) is 5.71. The number of benzene rings is 1. The van der Waals surface area contributed by atoms with Gasteiger partial charge in [0.05, 0.1) is 12.0 Å². The second-order valence-electron chi connectivity index (χ2n) is 4.65. The first-order valence-corrected chi connectivity index (χ1v) is 6.50. The second-order valence-corrected chi connectivity index (χ2v) is 5.40. The van der Waals surface area contributed by atoms with E-state index >= 15 is 0 Å². The van der Waals surface area contributed by atoms with Gasteiger partial charge in [-0.15, -0.1) is 0 Å². The fourth-order valence-electron chi connectivity index (χ4n) is 2.24. The van der Waals surface area contributed by atoms with Crippen molar-refractivity contribution in [1.29, 1.82) is 0 Å². The lowest BCUT2D eigenvalue weighted by molar-refractivity contribution is 0.887. The van der Waals surface area contributed by atoms with Crippen molar-refractivity contribution >= 4 is 15.9 Å². The van der Waals surface area contributed by atoms with Crippen molar-refractivity contribution in [2.45, 2.75) is 27.2 Å². The molecule has 0 unspecified atom stereocenters. The van der Waals surface area contributed by atoms with E-state index in [0.29, 0.717) is 0 Å². The van der Waals surface area contributed by atoms with Gasteiger partial charge in [0.15, 0.2) is 0 Å². The summed E-state index contributed by atoms with van der Waals surface area (Å²) in [5.41, 5.74) is 6.50. The van der Waals surface area contributed by atoms with Crippen LogP contribution in [0.4, 0.5) is 0 Å². The van der Waals surface area contributed by atoms with Crippen molar-refractivity contribution < 1.29 is 0 Å². The average molecular weight is 293 g/mol. The monoisotopic (exact) mass is 292 g/mol. The van der Waals surface area contributed by atoms with Gasteiger partial charge in [0.25, 0.3) is 0 Å². The highest BCUT2D eigenvalue weighted by Crippen LogP contribution is 2.23. The zero-order valence-electron chi connectivity index (χ0n) is 10.7. The number of nitrogens with zero attached hydrogens (tertiary/aromatic N) is 2. The van der Waals surface area contributed by atoms with E-state index in [1.165, 1.54) is 22.3 Å². The Hall–Kier alpha value is -1.09. The lowest BCUT2D eigenvalue weighted by Gasteiger charge is -2.10. The smallest absolute Gasteiger partial charge is 0.108 e. The summed E-state index contributed by atoms with van der Waals surface area (Å²) in [5, 5.41) is 0. The molecule has 0 saturated carbocycles. The van der Waals surface area contributed by atoms with E-state index in [0.717, 1.165) is 16.7 Å². The zero-order valence-corrected chi connectivity index (χ0v) is 12.3. The molecule has 0 saturated heterocycles. The van der Waals surface area contributed by atoms with Crippen LogP contribution in [0.25, 0.3) is 0 Å². The predicted molar refractivity (Wildman–Crippen MR) is 74.4 cm³/mol. The topological polar surface area (TPSA) is 17.8 Å². The molecule has 0 fully saturated rings. The Morgan fingerprint density at radius 2 is 1.76 bits per heavy atom. The van der Waals surface area contributed by atoms with Crippen molar-refractivity contribution in [3.8, 4) is 0 Å². The van der Waals surface area contributed by atoms with Gasteiger partial charge in [0, 0.05) is 13.5 Å². The van der Waals surface area contributed by atoms with Gasteiger partial charge in [-0.1, -0.05) is 17.7 Å².